The Morgan fingerprint density at radius 2 is 2.13 bits per heavy atom. The van der Waals surface area contributed by atoms with E-state index >= 15 is 0 Å². The lowest BCUT2D eigenvalue weighted by molar-refractivity contribution is 0.392. The number of amidine groups is 1. The van der Waals surface area contributed by atoms with Crippen molar-refractivity contribution in [2.24, 2.45) is 16.6 Å². The monoisotopic (exact) mass is 427 g/mol. The van der Waals surface area contributed by atoms with Gasteiger partial charge in [0.25, 0.3) is 0 Å². The highest BCUT2D eigenvalue weighted by Gasteiger charge is 2.55. The molecular formula is C21H19F2N5OS. The lowest BCUT2D eigenvalue weighted by atomic mass is 9.85. The Kier molecular flexibility index (Phi) is 4.39. The molecule has 0 radical (unpaired) electrons. The number of thioether (sulfide) groups is 1. The van der Waals surface area contributed by atoms with Crippen molar-refractivity contribution in [1.29, 1.82) is 0 Å². The largest absolute Gasteiger partial charge is 0.480 e. The number of methoxy groups -OCH3 is 1. The number of benzene rings is 1. The van der Waals surface area contributed by atoms with Crippen LogP contribution in [0.15, 0.2) is 35.6 Å². The summed E-state index contributed by atoms with van der Waals surface area (Å²) in [6.45, 7) is 1.83. The van der Waals surface area contributed by atoms with Crippen molar-refractivity contribution in [3.63, 3.8) is 0 Å². The van der Waals surface area contributed by atoms with Gasteiger partial charge < -0.3 is 10.5 Å². The first kappa shape index (κ1) is 19.2. The van der Waals surface area contributed by atoms with Crippen LogP contribution in [0.25, 0.3) is 11.0 Å². The number of aromatic nitrogens is 3. The third-order valence-electron chi connectivity index (χ3n) is 5.80. The number of fused-ring (bicyclic) bond motifs is 2. The predicted molar refractivity (Wildman–Crippen MR) is 112 cm³/mol. The molecule has 5 rings (SSSR count). The summed E-state index contributed by atoms with van der Waals surface area (Å²) in [6, 6.07) is 4.61. The van der Waals surface area contributed by atoms with E-state index in [1.54, 1.807) is 18.3 Å². The van der Waals surface area contributed by atoms with Crippen LogP contribution >= 0.6 is 11.8 Å². The maximum atomic E-state index is 14.9. The number of rotatable bonds is 4. The van der Waals surface area contributed by atoms with Crippen molar-refractivity contribution in [2.45, 2.75) is 30.6 Å². The summed E-state index contributed by atoms with van der Waals surface area (Å²) in [6.07, 6.45) is 4.29. The molecule has 0 saturated heterocycles. The van der Waals surface area contributed by atoms with Crippen molar-refractivity contribution in [1.82, 2.24) is 15.0 Å². The molecule has 154 valence electrons. The van der Waals surface area contributed by atoms with Crippen LogP contribution in [0, 0.1) is 17.6 Å². The Balaban J connectivity index is 1.57. The summed E-state index contributed by atoms with van der Waals surface area (Å²) < 4.78 is 34.6. The minimum atomic E-state index is -0.902. The Bertz CT molecular complexity index is 1200. The van der Waals surface area contributed by atoms with Crippen LogP contribution < -0.4 is 10.5 Å². The summed E-state index contributed by atoms with van der Waals surface area (Å²) in [5.74, 6) is -1.23. The SMILES string of the molecule is COc1cnc2c(Cc3cc(F)c(F)c([C@@]4(C)N=C(N)S[C@H]5C[C@H]54)c3)nccc2n1. The smallest absolute Gasteiger partial charge is 0.232 e. The third-order valence-corrected chi connectivity index (χ3v) is 6.95. The van der Waals surface area contributed by atoms with E-state index in [1.807, 2.05) is 6.92 Å². The summed E-state index contributed by atoms with van der Waals surface area (Å²) in [5.41, 5.74) is 7.75. The molecule has 0 amide bonds. The number of nitrogens with zero attached hydrogens (tertiary/aromatic N) is 4. The summed E-state index contributed by atoms with van der Waals surface area (Å²) >= 11 is 1.51. The van der Waals surface area contributed by atoms with Crippen LogP contribution in [0.1, 0.15) is 30.2 Å². The molecule has 2 aliphatic rings. The van der Waals surface area contributed by atoms with E-state index in [-0.39, 0.29) is 17.9 Å². The van der Waals surface area contributed by atoms with Crippen LogP contribution in [0.2, 0.25) is 0 Å². The first-order chi connectivity index (χ1) is 14.4. The van der Waals surface area contributed by atoms with E-state index < -0.39 is 17.2 Å². The molecule has 1 aliphatic heterocycles. The highest BCUT2D eigenvalue weighted by Crippen LogP contribution is 2.57. The number of nitrogens with two attached hydrogens (primary N) is 1. The maximum absolute atomic E-state index is 14.9. The lowest BCUT2D eigenvalue weighted by Crippen LogP contribution is -2.32. The number of pyridine rings is 1. The second kappa shape index (κ2) is 6.87. The molecule has 2 aromatic heterocycles. The molecule has 30 heavy (non-hydrogen) atoms. The molecule has 1 aromatic carbocycles. The van der Waals surface area contributed by atoms with Gasteiger partial charge in [0.1, 0.15) is 5.52 Å². The molecule has 2 N–H and O–H groups in total. The molecule has 3 aromatic rings. The van der Waals surface area contributed by atoms with Crippen LogP contribution in [-0.4, -0.2) is 32.5 Å². The topological polar surface area (TPSA) is 86.3 Å². The summed E-state index contributed by atoms with van der Waals surface area (Å²) in [4.78, 5) is 17.7. The third kappa shape index (κ3) is 3.08. The molecule has 0 unspecified atom stereocenters. The van der Waals surface area contributed by atoms with Gasteiger partial charge in [-0.2, -0.15) is 0 Å². The molecule has 1 fully saturated rings. The zero-order valence-electron chi connectivity index (χ0n) is 16.4. The van der Waals surface area contributed by atoms with Crippen molar-refractivity contribution < 1.29 is 13.5 Å². The van der Waals surface area contributed by atoms with Crippen LogP contribution in [0.3, 0.4) is 0 Å². The molecule has 3 atom stereocenters. The van der Waals surface area contributed by atoms with E-state index in [4.69, 9.17) is 10.5 Å². The fourth-order valence-corrected chi connectivity index (χ4v) is 5.45. The quantitative estimate of drug-likeness (QED) is 0.685. The fourth-order valence-electron chi connectivity index (χ4n) is 4.17. The van der Waals surface area contributed by atoms with E-state index in [2.05, 4.69) is 19.9 Å². The Morgan fingerprint density at radius 1 is 1.30 bits per heavy atom. The van der Waals surface area contributed by atoms with Gasteiger partial charge in [0.15, 0.2) is 16.8 Å². The number of aliphatic imine (C=N–C) groups is 1. The van der Waals surface area contributed by atoms with Gasteiger partial charge >= 0.3 is 0 Å². The average molecular weight is 427 g/mol. The van der Waals surface area contributed by atoms with Crippen molar-refractivity contribution in [3.05, 3.63) is 59.0 Å². The molecule has 1 saturated carbocycles. The number of halogens is 2. The van der Waals surface area contributed by atoms with Gasteiger partial charge in [-0.3, -0.25) is 9.98 Å². The minimum Gasteiger partial charge on any atom is -0.480 e. The van der Waals surface area contributed by atoms with Crippen molar-refractivity contribution in [2.75, 3.05) is 7.11 Å². The van der Waals surface area contributed by atoms with Crippen molar-refractivity contribution >= 4 is 28.0 Å². The van der Waals surface area contributed by atoms with Crippen LogP contribution in [0.5, 0.6) is 5.88 Å². The van der Waals surface area contributed by atoms with E-state index in [1.165, 1.54) is 31.1 Å². The van der Waals surface area contributed by atoms with E-state index in [0.717, 1.165) is 6.42 Å². The first-order valence-electron chi connectivity index (χ1n) is 9.54. The highest BCUT2D eigenvalue weighted by molar-refractivity contribution is 8.14. The van der Waals surface area contributed by atoms with E-state index in [0.29, 0.717) is 38.6 Å². The minimum absolute atomic E-state index is 0.146. The lowest BCUT2D eigenvalue weighted by Gasteiger charge is -2.30. The molecule has 3 heterocycles. The Morgan fingerprint density at radius 3 is 2.93 bits per heavy atom. The Hall–Kier alpha value is -2.81. The van der Waals surface area contributed by atoms with Crippen LogP contribution in [-0.2, 0) is 12.0 Å². The zero-order chi connectivity index (χ0) is 21.0. The molecule has 0 bridgehead atoms. The highest BCUT2D eigenvalue weighted by atomic mass is 32.2. The maximum Gasteiger partial charge on any atom is 0.232 e. The van der Waals surface area contributed by atoms with E-state index in [9.17, 15) is 8.78 Å². The number of ether oxygens (including phenoxy) is 1. The predicted octanol–water partition coefficient (Wildman–Crippen LogP) is 3.57. The summed E-state index contributed by atoms with van der Waals surface area (Å²) in [5, 5.41) is 0.727. The number of hydrogen-bond acceptors (Lipinski definition) is 7. The van der Waals surface area contributed by atoms with Gasteiger partial charge in [0.2, 0.25) is 5.88 Å². The normalized spacial score (nSPS) is 25.0. The average Bonchev–Trinajstić information content (AvgIpc) is 3.50. The van der Waals surface area contributed by atoms with Gasteiger partial charge in [-0.1, -0.05) is 11.8 Å². The second-order valence-electron chi connectivity index (χ2n) is 7.75. The van der Waals surface area contributed by atoms with Gasteiger partial charge in [0.05, 0.1) is 30.1 Å². The van der Waals surface area contributed by atoms with Gasteiger partial charge in [-0.15, -0.1) is 0 Å². The molecule has 6 nitrogen and oxygen atoms in total. The molecule has 1 aliphatic carbocycles. The summed E-state index contributed by atoms with van der Waals surface area (Å²) in [7, 11) is 1.52. The Labute approximate surface area is 176 Å². The second-order valence-corrected chi connectivity index (χ2v) is 9.01. The standard InChI is InChI=1S/C21H19F2N5OS/c1-21(11-8-16(11)30-20(24)28-21)12-5-10(6-13(22)18(12)23)7-15-19-14(3-4-25-15)27-17(29-2)9-26-19/h3-6,9,11,16H,7-8H2,1-2H3,(H2,24,28)/t11-,16+,21+/m1/s1. The molecule has 0 spiro atoms. The van der Waals surface area contributed by atoms with Gasteiger partial charge in [0, 0.05) is 29.3 Å². The van der Waals surface area contributed by atoms with Gasteiger partial charge in [-0.25, -0.2) is 18.7 Å². The van der Waals surface area contributed by atoms with Gasteiger partial charge in [-0.05, 0) is 37.1 Å². The fraction of sp³-hybridized carbons (Fsp3) is 0.333. The molecular weight excluding hydrogens is 408 g/mol. The van der Waals surface area contributed by atoms with Crippen molar-refractivity contribution in [3.8, 4) is 5.88 Å². The number of hydrogen-bond donors (Lipinski definition) is 1. The zero-order valence-corrected chi connectivity index (χ0v) is 17.2. The molecule has 9 heteroatoms. The van der Waals surface area contributed by atoms with Crippen LogP contribution in [0.4, 0.5) is 8.78 Å². The first-order valence-corrected chi connectivity index (χ1v) is 10.4.